The van der Waals surface area contributed by atoms with E-state index in [0.717, 1.165) is 23.2 Å². The number of carbonyl (C=O) groups is 1. The zero-order valence-corrected chi connectivity index (χ0v) is 12.7. The highest BCUT2D eigenvalue weighted by Gasteiger charge is 2.23. The molecule has 1 amide bonds. The van der Waals surface area contributed by atoms with Crippen LogP contribution >= 0.6 is 15.9 Å². The number of hydrogen-bond acceptors (Lipinski definition) is 3. The minimum atomic E-state index is -0.391. The third kappa shape index (κ3) is 3.28. The van der Waals surface area contributed by atoms with Crippen LogP contribution in [-0.2, 0) is 0 Å². The highest BCUT2D eigenvalue weighted by molar-refractivity contribution is 9.10. The van der Waals surface area contributed by atoms with Crippen LogP contribution in [0.5, 0.6) is 0 Å². The molecule has 5 heteroatoms. The van der Waals surface area contributed by atoms with E-state index in [2.05, 4.69) is 26.1 Å². The molecule has 1 aromatic rings. The molecule has 3 N–H and O–H groups in total. The van der Waals surface area contributed by atoms with Gasteiger partial charge in [0, 0.05) is 29.2 Å². The summed E-state index contributed by atoms with van der Waals surface area (Å²) in [4.78, 5) is 13.6. The lowest BCUT2D eigenvalue weighted by molar-refractivity contribution is 0.100. The summed E-state index contributed by atoms with van der Waals surface area (Å²) in [6.07, 6.45) is 3.69. The van der Waals surface area contributed by atoms with Gasteiger partial charge in [0.2, 0.25) is 5.91 Å². The van der Waals surface area contributed by atoms with Gasteiger partial charge in [-0.05, 0) is 60.4 Å². The molecular formula is C14H20BrN3O. The van der Waals surface area contributed by atoms with E-state index in [1.54, 1.807) is 6.07 Å². The van der Waals surface area contributed by atoms with E-state index in [9.17, 15) is 4.79 Å². The van der Waals surface area contributed by atoms with Gasteiger partial charge in [0.1, 0.15) is 0 Å². The van der Waals surface area contributed by atoms with Gasteiger partial charge in [0.25, 0.3) is 0 Å². The molecular weight excluding hydrogens is 306 g/mol. The Morgan fingerprint density at radius 1 is 1.53 bits per heavy atom. The van der Waals surface area contributed by atoms with Gasteiger partial charge in [-0.25, -0.2) is 0 Å². The largest absolute Gasteiger partial charge is 0.366 e. The average Bonchev–Trinajstić information content (AvgIpc) is 2.40. The molecule has 0 spiro atoms. The Balaban J connectivity index is 2.26. The summed E-state index contributed by atoms with van der Waals surface area (Å²) in [5, 5.41) is 3.26. The Morgan fingerprint density at radius 3 is 2.95 bits per heavy atom. The zero-order chi connectivity index (χ0) is 13.8. The van der Waals surface area contributed by atoms with Crippen molar-refractivity contribution in [1.29, 1.82) is 0 Å². The molecule has 0 bridgehead atoms. The van der Waals surface area contributed by atoms with E-state index >= 15 is 0 Å². The molecule has 1 aliphatic rings. The van der Waals surface area contributed by atoms with Crippen LogP contribution in [0.1, 0.15) is 29.6 Å². The van der Waals surface area contributed by atoms with Gasteiger partial charge in [-0.1, -0.05) is 0 Å². The Hall–Kier alpha value is -1.07. The van der Waals surface area contributed by atoms with Crippen LogP contribution in [0.25, 0.3) is 0 Å². The van der Waals surface area contributed by atoms with Crippen molar-refractivity contribution in [2.75, 3.05) is 25.0 Å². The molecule has 0 saturated carbocycles. The number of nitrogens with one attached hydrogen (secondary N) is 1. The summed E-state index contributed by atoms with van der Waals surface area (Å²) in [5.74, 6) is -0.391. The second kappa shape index (κ2) is 6.39. The van der Waals surface area contributed by atoms with Crippen molar-refractivity contribution in [3.63, 3.8) is 0 Å². The van der Waals surface area contributed by atoms with Gasteiger partial charge in [-0.2, -0.15) is 0 Å². The molecule has 0 aliphatic carbocycles. The number of primary amides is 1. The van der Waals surface area contributed by atoms with Crippen LogP contribution in [0.15, 0.2) is 22.7 Å². The van der Waals surface area contributed by atoms with E-state index in [1.807, 2.05) is 19.2 Å². The minimum Gasteiger partial charge on any atom is -0.366 e. The summed E-state index contributed by atoms with van der Waals surface area (Å²) in [7, 11) is 1.98. The number of nitrogens with two attached hydrogens (primary N) is 1. The first-order chi connectivity index (χ1) is 9.13. The maximum Gasteiger partial charge on any atom is 0.248 e. The quantitative estimate of drug-likeness (QED) is 0.891. The van der Waals surface area contributed by atoms with Crippen LogP contribution in [0.2, 0.25) is 0 Å². The maximum atomic E-state index is 11.2. The molecule has 104 valence electrons. The van der Waals surface area contributed by atoms with E-state index < -0.39 is 5.91 Å². The Kier molecular flexibility index (Phi) is 4.82. The molecule has 1 fully saturated rings. The molecule has 4 nitrogen and oxygen atoms in total. The summed E-state index contributed by atoms with van der Waals surface area (Å²) in [6.45, 7) is 2.03. The summed E-state index contributed by atoms with van der Waals surface area (Å²) in [6, 6.07) is 6.10. The fraction of sp³-hybridized carbons (Fsp3) is 0.500. The number of nitrogens with zero attached hydrogens (tertiary/aromatic N) is 1. The minimum absolute atomic E-state index is 0.391. The molecule has 1 saturated heterocycles. The molecule has 1 aliphatic heterocycles. The first-order valence-electron chi connectivity index (χ1n) is 6.64. The molecule has 1 aromatic carbocycles. The van der Waals surface area contributed by atoms with E-state index in [-0.39, 0.29) is 0 Å². The van der Waals surface area contributed by atoms with Crippen LogP contribution < -0.4 is 16.0 Å². The van der Waals surface area contributed by atoms with Gasteiger partial charge in [-0.15, -0.1) is 0 Å². The lowest BCUT2D eigenvalue weighted by Gasteiger charge is -2.38. The number of rotatable bonds is 4. The van der Waals surface area contributed by atoms with E-state index in [1.165, 1.54) is 19.3 Å². The van der Waals surface area contributed by atoms with Crippen molar-refractivity contribution in [3.05, 3.63) is 28.2 Å². The summed E-state index contributed by atoms with van der Waals surface area (Å²) < 4.78 is 0.937. The number of hydrogen-bond donors (Lipinski definition) is 2. The summed E-state index contributed by atoms with van der Waals surface area (Å²) in [5.41, 5.74) is 6.99. The van der Waals surface area contributed by atoms with Gasteiger partial charge in [0.15, 0.2) is 0 Å². The molecule has 1 heterocycles. The van der Waals surface area contributed by atoms with Gasteiger partial charge in [-0.3, -0.25) is 4.79 Å². The predicted molar refractivity (Wildman–Crippen MR) is 81.6 cm³/mol. The predicted octanol–water partition coefficient (Wildman–Crippen LogP) is 2.13. The number of amides is 1. The molecule has 1 atom stereocenters. The smallest absolute Gasteiger partial charge is 0.248 e. The van der Waals surface area contributed by atoms with Crippen molar-refractivity contribution in [2.45, 2.75) is 25.3 Å². The molecule has 0 aromatic heterocycles. The van der Waals surface area contributed by atoms with Gasteiger partial charge >= 0.3 is 0 Å². The topological polar surface area (TPSA) is 58.4 Å². The zero-order valence-electron chi connectivity index (χ0n) is 11.2. The Bertz CT molecular complexity index is 462. The van der Waals surface area contributed by atoms with Crippen molar-refractivity contribution < 1.29 is 4.79 Å². The standard InChI is InChI=1S/C14H20BrN3O/c1-17-9-11-4-2-3-7-18(11)13-6-5-10(14(16)19)8-12(13)15/h5-6,8,11,17H,2-4,7,9H2,1H3,(H2,16,19). The molecule has 1 unspecified atom stereocenters. The van der Waals surface area contributed by atoms with Gasteiger partial charge < -0.3 is 16.0 Å². The number of benzene rings is 1. The number of piperidine rings is 1. The van der Waals surface area contributed by atoms with Crippen LogP contribution in [0.3, 0.4) is 0 Å². The second-order valence-corrected chi connectivity index (χ2v) is 5.79. The number of halogens is 1. The second-order valence-electron chi connectivity index (χ2n) is 4.93. The number of likely N-dealkylation sites (N-methyl/N-ethyl adjacent to an activating group) is 1. The van der Waals surface area contributed by atoms with Crippen molar-refractivity contribution in [3.8, 4) is 0 Å². The first kappa shape index (κ1) is 14.3. The monoisotopic (exact) mass is 325 g/mol. The van der Waals surface area contributed by atoms with Crippen LogP contribution in [0.4, 0.5) is 5.69 Å². The maximum absolute atomic E-state index is 11.2. The van der Waals surface area contributed by atoms with Crippen molar-refractivity contribution in [2.24, 2.45) is 5.73 Å². The van der Waals surface area contributed by atoms with E-state index in [4.69, 9.17) is 5.73 Å². The summed E-state index contributed by atoms with van der Waals surface area (Å²) >= 11 is 3.56. The normalized spacial score (nSPS) is 19.5. The lowest BCUT2D eigenvalue weighted by Crippen LogP contribution is -2.45. The molecule has 19 heavy (non-hydrogen) atoms. The number of carbonyl (C=O) groups excluding carboxylic acids is 1. The van der Waals surface area contributed by atoms with Crippen molar-refractivity contribution >= 4 is 27.5 Å². The SMILES string of the molecule is CNCC1CCCCN1c1ccc(C(N)=O)cc1Br. The fourth-order valence-corrected chi connectivity index (χ4v) is 3.27. The Labute approximate surface area is 122 Å². The molecule has 2 rings (SSSR count). The van der Waals surface area contributed by atoms with Crippen LogP contribution in [0, 0.1) is 0 Å². The molecule has 0 radical (unpaired) electrons. The highest BCUT2D eigenvalue weighted by atomic mass is 79.9. The third-order valence-corrected chi connectivity index (χ3v) is 4.24. The average molecular weight is 326 g/mol. The highest BCUT2D eigenvalue weighted by Crippen LogP contribution is 2.32. The third-order valence-electron chi connectivity index (χ3n) is 3.61. The lowest BCUT2D eigenvalue weighted by atomic mass is 10.0. The fourth-order valence-electron chi connectivity index (χ4n) is 2.66. The first-order valence-corrected chi connectivity index (χ1v) is 7.43. The van der Waals surface area contributed by atoms with Gasteiger partial charge in [0.05, 0.1) is 5.69 Å². The van der Waals surface area contributed by atoms with E-state index in [0.29, 0.717) is 11.6 Å². The van der Waals surface area contributed by atoms with Crippen LogP contribution in [-0.4, -0.2) is 32.1 Å². The number of anilines is 1. The Morgan fingerprint density at radius 2 is 2.32 bits per heavy atom. The van der Waals surface area contributed by atoms with Crippen molar-refractivity contribution in [1.82, 2.24) is 5.32 Å².